The smallest absolute Gasteiger partial charge is 0.265 e. The number of carbonyl (C=O) groups is 1. The lowest BCUT2D eigenvalue weighted by atomic mass is 10.0. The second kappa shape index (κ2) is 9.41. The van der Waals surface area contributed by atoms with Crippen LogP contribution >= 0.6 is 0 Å². The van der Waals surface area contributed by atoms with E-state index in [9.17, 15) is 10.1 Å². The molecule has 0 unspecified atom stereocenters. The van der Waals surface area contributed by atoms with Crippen LogP contribution < -0.4 is 5.32 Å². The average Bonchev–Trinajstić information content (AvgIpc) is 2.54. The van der Waals surface area contributed by atoms with Gasteiger partial charge in [-0.3, -0.25) is 4.79 Å². The van der Waals surface area contributed by atoms with Gasteiger partial charge in [0.05, 0.1) is 6.54 Å². The number of nitrogens with zero attached hydrogens (tertiary/aromatic N) is 3. The fraction of sp³-hybridized carbons (Fsp3) is 0.733. The number of carbonyl (C=O) groups excluding carboxylic acids is 1. The summed E-state index contributed by atoms with van der Waals surface area (Å²) in [5.41, 5.74) is 0.0902. The van der Waals surface area contributed by atoms with Crippen LogP contribution in [0.1, 0.15) is 12.8 Å². The van der Waals surface area contributed by atoms with Crippen molar-refractivity contribution in [2.45, 2.75) is 25.2 Å². The van der Waals surface area contributed by atoms with Crippen molar-refractivity contribution in [2.24, 2.45) is 0 Å². The van der Waals surface area contributed by atoms with Gasteiger partial charge >= 0.3 is 0 Å². The minimum absolute atomic E-state index is 0.0902. The molecule has 0 atom stereocenters. The molecule has 1 amide bonds. The Balaban J connectivity index is 2.57. The van der Waals surface area contributed by atoms with E-state index >= 15 is 0 Å². The van der Waals surface area contributed by atoms with E-state index in [1.165, 1.54) is 20.4 Å². The summed E-state index contributed by atoms with van der Waals surface area (Å²) in [7, 11) is 6.90. The third kappa shape index (κ3) is 5.30. The molecule has 124 valence electrons. The molecule has 1 N–H and O–H groups in total. The van der Waals surface area contributed by atoms with Crippen LogP contribution in [-0.4, -0.2) is 76.0 Å². The Kier molecular flexibility index (Phi) is 7.88. The van der Waals surface area contributed by atoms with Gasteiger partial charge in [-0.05, 0) is 33.0 Å². The summed E-state index contributed by atoms with van der Waals surface area (Å²) in [6, 6.07) is 2.14. The van der Waals surface area contributed by atoms with Crippen molar-refractivity contribution in [2.75, 3.05) is 47.9 Å². The summed E-state index contributed by atoms with van der Waals surface area (Å²) in [5, 5.41) is 12.1. The molecule has 0 aromatic carbocycles. The maximum atomic E-state index is 12.4. The fourth-order valence-electron chi connectivity index (χ4n) is 2.40. The van der Waals surface area contributed by atoms with Crippen molar-refractivity contribution in [3.63, 3.8) is 0 Å². The normalized spacial score (nSPS) is 17.4. The van der Waals surface area contributed by atoms with Gasteiger partial charge in [0.1, 0.15) is 11.6 Å². The predicted molar refractivity (Wildman–Crippen MR) is 82.8 cm³/mol. The van der Waals surface area contributed by atoms with E-state index in [-0.39, 0.29) is 17.5 Å². The van der Waals surface area contributed by atoms with Crippen LogP contribution in [0.3, 0.4) is 0 Å². The standard InChI is InChI=1S/C15H26N4O3/c1-18-7-5-13(6-8-18)19(2)15(20)12(9-16)10-17-11-14(21-3)22-4/h10,13-14,17H,5-8,11H2,1-4H3/b12-10-. The number of rotatable bonds is 7. The molecule has 7 heteroatoms. The Labute approximate surface area is 132 Å². The maximum Gasteiger partial charge on any atom is 0.265 e. The molecule has 0 aromatic rings. The molecule has 0 radical (unpaired) electrons. The van der Waals surface area contributed by atoms with E-state index in [0.717, 1.165) is 25.9 Å². The lowest BCUT2D eigenvalue weighted by Gasteiger charge is -2.35. The van der Waals surface area contributed by atoms with Gasteiger partial charge in [-0.15, -0.1) is 0 Å². The van der Waals surface area contributed by atoms with Crippen molar-refractivity contribution < 1.29 is 14.3 Å². The first-order chi connectivity index (χ1) is 10.5. The summed E-state index contributed by atoms with van der Waals surface area (Å²) in [4.78, 5) is 16.3. The molecule has 1 rings (SSSR count). The molecule has 0 aromatic heterocycles. The molecule has 22 heavy (non-hydrogen) atoms. The van der Waals surface area contributed by atoms with Crippen LogP contribution in [0.15, 0.2) is 11.8 Å². The largest absolute Gasteiger partial charge is 0.385 e. The third-order valence-electron chi connectivity index (χ3n) is 3.96. The number of hydrogen-bond donors (Lipinski definition) is 1. The van der Waals surface area contributed by atoms with Crippen molar-refractivity contribution >= 4 is 5.91 Å². The highest BCUT2D eigenvalue weighted by atomic mass is 16.7. The SMILES string of the molecule is COC(CN/C=C(/C#N)C(=O)N(C)C1CCN(C)CC1)OC. The highest BCUT2D eigenvalue weighted by Gasteiger charge is 2.25. The number of ether oxygens (including phenoxy) is 2. The zero-order chi connectivity index (χ0) is 16.5. The highest BCUT2D eigenvalue weighted by molar-refractivity contribution is 5.97. The van der Waals surface area contributed by atoms with E-state index in [0.29, 0.717) is 6.54 Å². The van der Waals surface area contributed by atoms with Gasteiger partial charge in [0, 0.05) is 33.5 Å². The van der Waals surface area contributed by atoms with Gasteiger partial charge in [-0.1, -0.05) is 0 Å². The Morgan fingerprint density at radius 2 is 2.05 bits per heavy atom. The molecule has 0 aliphatic carbocycles. The summed E-state index contributed by atoms with van der Waals surface area (Å²) in [5.74, 6) is -0.254. The number of likely N-dealkylation sites (N-methyl/N-ethyl adjacent to an activating group) is 1. The van der Waals surface area contributed by atoms with E-state index in [2.05, 4.69) is 17.3 Å². The number of nitrogens with one attached hydrogen (secondary N) is 1. The Morgan fingerprint density at radius 1 is 1.45 bits per heavy atom. The van der Waals surface area contributed by atoms with Crippen molar-refractivity contribution in [1.29, 1.82) is 5.26 Å². The number of hydrogen-bond acceptors (Lipinski definition) is 6. The summed E-state index contributed by atoms with van der Waals surface area (Å²) >= 11 is 0. The zero-order valence-electron chi connectivity index (χ0n) is 13.8. The van der Waals surface area contributed by atoms with Crippen LogP contribution in [0.4, 0.5) is 0 Å². The van der Waals surface area contributed by atoms with Gasteiger partial charge in [-0.2, -0.15) is 5.26 Å². The molecule has 0 saturated carbocycles. The number of amides is 1. The third-order valence-corrected chi connectivity index (χ3v) is 3.96. The molecule has 0 bridgehead atoms. The molecule has 1 aliphatic rings. The van der Waals surface area contributed by atoms with Crippen LogP contribution in [-0.2, 0) is 14.3 Å². The molecule has 1 aliphatic heterocycles. The first kappa shape index (κ1) is 18.4. The van der Waals surface area contributed by atoms with Gasteiger partial charge < -0.3 is 24.6 Å². The first-order valence-corrected chi connectivity index (χ1v) is 7.38. The van der Waals surface area contributed by atoms with Crippen molar-refractivity contribution in [1.82, 2.24) is 15.1 Å². The number of likely N-dealkylation sites (tertiary alicyclic amines) is 1. The van der Waals surface area contributed by atoms with Gasteiger partial charge in [0.25, 0.3) is 5.91 Å². The molecule has 1 heterocycles. The predicted octanol–water partition coefficient (Wildman–Crippen LogP) is 0.155. The molecular formula is C15H26N4O3. The second-order valence-electron chi connectivity index (χ2n) is 5.43. The molecule has 7 nitrogen and oxygen atoms in total. The molecular weight excluding hydrogens is 284 g/mol. The first-order valence-electron chi connectivity index (χ1n) is 7.38. The highest BCUT2D eigenvalue weighted by Crippen LogP contribution is 2.15. The quantitative estimate of drug-likeness (QED) is 0.410. The van der Waals surface area contributed by atoms with E-state index in [1.807, 2.05) is 6.07 Å². The average molecular weight is 310 g/mol. The summed E-state index contributed by atoms with van der Waals surface area (Å²) in [6.45, 7) is 2.30. The lowest BCUT2D eigenvalue weighted by Crippen LogP contribution is -2.45. The van der Waals surface area contributed by atoms with Gasteiger partial charge in [0.15, 0.2) is 6.29 Å². The van der Waals surface area contributed by atoms with E-state index < -0.39 is 6.29 Å². The Bertz CT molecular complexity index is 421. The lowest BCUT2D eigenvalue weighted by molar-refractivity contribution is -0.128. The minimum atomic E-state index is -0.419. The zero-order valence-corrected chi connectivity index (χ0v) is 13.8. The summed E-state index contributed by atoms with van der Waals surface area (Å²) < 4.78 is 10.1. The van der Waals surface area contributed by atoms with E-state index in [4.69, 9.17) is 9.47 Å². The second-order valence-corrected chi connectivity index (χ2v) is 5.43. The van der Waals surface area contributed by atoms with Crippen LogP contribution in [0.2, 0.25) is 0 Å². The molecule has 1 saturated heterocycles. The van der Waals surface area contributed by atoms with Crippen molar-refractivity contribution in [3.8, 4) is 6.07 Å². The van der Waals surface area contributed by atoms with Crippen molar-refractivity contribution in [3.05, 3.63) is 11.8 Å². The number of methoxy groups -OCH3 is 2. The molecule has 0 spiro atoms. The Morgan fingerprint density at radius 3 is 2.55 bits per heavy atom. The van der Waals surface area contributed by atoms with E-state index in [1.54, 1.807) is 11.9 Å². The van der Waals surface area contributed by atoms with Gasteiger partial charge in [0.2, 0.25) is 0 Å². The molecule has 1 fully saturated rings. The van der Waals surface area contributed by atoms with Crippen LogP contribution in [0.5, 0.6) is 0 Å². The maximum absolute atomic E-state index is 12.4. The number of piperidine rings is 1. The summed E-state index contributed by atoms with van der Waals surface area (Å²) in [6.07, 6.45) is 2.87. The minimum Gasteiger partial charge on any atom is -0.385 e. The fourth-order valence-corrected chi connectivity index (χ4v) is 2.40. The monoisotopic (exact) mass is 310 g/mol. The Hall–Kier alpha value is -1.62. The number of nitriles is 1. The topological polar surface area (TPSA) is 77.8 Å². The van der Waals surface area contributed by atoms with Crippen LogP contribution in [0.25, 0.3) is 0 Å². The van der Waals surface area contributed by atoms with Gasteiger partial charge in [-0.25, -0.2) is 0 Å². The van der Waals surface area contributed by atoms with Crippen LogP contribution in [0, 0.1) is 11.3 Å².